The van der Waals surface area contributed by atoms with E-state index in [4.69, 9.17) is 37.9 Å². The van der Waals surface area contributed by atoms with E-state index in [9.17, 15) is 39.0 Å². The molecule has 2 heterocycles. The van der Waals surface area contributed by atoms with Crippen molar-refractivity contribution in [1.82, 2.24) is 37.2 Å². The number of carbonyl (C=O) groups excluding carboxylic acids is 6. The standard InChI is InChI=1S/C50H93N7O16S/c1-2-11-42(59)40(38-58)55-48(64)17-16-47(63)54-21-23-67-25-27-69-29-31-71-33-35-73-37-36-72-34-32-70-30-28-68-26-24-66-22-20-53-46(62)14-6-4-10-18-51-44(60)13-5-3-9-19-52-45(61)15-8-7-12-43-49-41(39-74-43)56-50(65)57-49/h40-43,49,58-59H,2-39H2,1H3,(H,51,60)(H,52,61)(H,53,62)(H,54,63)(H,55,64)(H2,56,57,65)/t40?,41-,42-,43-,49-/m0/s1. The molecular formula is C50H93N7O16S. The Kier molecular flexibility index (Phi) is 42.2. The van der Waals surface area contributed by atoms with Gasteiger partial charge in [0.1, 0.15) is 0 Å². The zero-order valence-corrected chi connectivity index (χ0v) is 45.1. The third kappa shape index (κ3) is 37.3. The van der Waals surface area contributed by atoms with Crippen molar-refractivity contribution >= 4 is 47.3 Å². The van der Waals surface area contributed by atoms with Gasteiger partial charge in [-0.05, 0) is 44.9 Å². The van der Waals surface area contributed by atoms with Gasteiger partial charge in [0.2, 0.25) is 29.5 Å². The third-order valence-corrected chi connectivity index (χ3v) is 13.3. The highest BCUT2D eigenvalue weighted by Crippen LogP contribution is 2.33. The molecule has 0 spiro atoms. The maximum atomic E-state index is 12.2. The van der Waals surface area contributed by atoms with Crippen molar-refractivity contribution in [3.8, 4) is 0 Å². The van der Waals surface area contributed by atoms with Gasteiger partial charge in [-0.25, -0.2) is 4.79 Å². The molecule has 5 atom stereocenters. The van der Waals surface area contributed by atoms with Crippen molar-refractivity contribution in [2.75, 3.05) is 144 Å². The molecule has 430 valence electrons. The average Bonchev–Trinajstić information content (AvgIpc) is 3.95. The molecular weight excluding hydrogens is 987 g/mol. The van der Waals surface area contributed by atoms with Gasteiger partial charge in [0.15, 0.2) is 0 Å². The molecule has 2 fully saturated rings. The number of nitrogens with one attached hydrogen (secondary N) is 7. The number of carbonyl (C=O) groups is 6. The summed E-state index contributed by atoms with van der Waals surface area (Å²) in [6.45, 7) is 10.2. The second-order valence-corrected chi connectivity index (χ2v) is 19.3. The fourth-order valence-electron chi connectivity index (χ4n) is 7.69. The molecule has 23 nitrogen and oxygen atoms in total. The van der Waals surface area contributed by atoms with Crippen LogP contribution in [0.5, 0.6) is 0 Å². The molecule has 24 heteroatoms. The predicted octanol–water partition coefficient (Wildman–Crippen LogP) is 0.849. The summed E-state index contributed by atoms with van der Waals surface area (Å²) in [6, 6.07) is -0.367. The summed E-state index contributed by atoms with van der Waals surface area (Å²) in [6.07, 6.45) is 9.48. The van der Waals surface area contributed by atoms with Crippen LogP contribution in [0.1, 0.15) is 110 Å². The second kappa shape index (κ2) is 46.8. The highest BCUT2D eigenvalue weighted by Gasteiger charge is 2.42. The maximum Gasteiger partial charge on any atom is 0.315 e. The van der Waals surface area contributed by atoms with Crippen LogP contribution in [0, 0.1) is 0 Å². The first-order valence-electron chi connectivity index (χ1n) is 27.1. The fourth-order valence-corrected chi connectivity index (χ4v) is 9.23. The molecule has 0 aromatic heterocycles. The summed E-state index contributed by atoms with van der Waals surface area (Å²) in [5.41, 5.74) is 0. The highest BCUT2D eigenvalue weighted by molar-refractivity contribution is 8.00. The Labute approximate surface area is 443 Å². The Balaban J connectivity index is 1.18. The molecule has 9 N–H and O–H groups in total. The van der Waals surface area contributed by atoms with E-state index in [0.717, 1.165) is 70.0 Å². The number of aliphatic hydroxyl groups is 2. The van der Waals surface area contributed by atoms with E-state index in [2.05, 4.69) is 37.2 Å². The molecule has 0 aromatic carbocycles. The number of unbranched alkanes of at least 4 members (excludes halogenated alkanes) is 5. The monoisotopic (exact) mass is 1080 g/mol. The lowest BCUT2D eigenvalue weighted by molar-refractivity contribution is -0.127. The molecule has 0 bridgehead atoms. The zero-order valence-electron chi connectivity index (χ0n) is 44.3. The summed E-state index contributed by atoms with van der Waals surface area (Å²) in [5.74, 6) is 0.350. The minimum atomic E-state index is -0.828. The van der Waals surface area contributed by atoms with Crippen LogP contribution < -0.4 is 37.2 Å². The third-order valence-electron chi connectivity index (χ3n) is 11.8. The lowest BCUT2D eigenvalue weighted by atomic mass is 10.0. The van der Waals surface area contributed by atoms with E-state index < -0.39 is 18.1 Å². The van der Waals surface area contributed by atoms with Crippen LogP contribution in [0.4, 0.5) is 4.79 Å². The van der Waals surface area contributed by atoms with Gasteiger partial charge in [-0.1, -0.05) is 32.6 Å². The lowest BCUT2D eigenvalue weighted by Gasteiger charge is -2.21. The molecule has 2 rings (SSSR count). The summed E-state index contributed by atoms with van der Waals surface area (Å²) < 4.78 is 43.9. The zero-order chi connectivity index (χ0) is 53.5. The van der Waals surface area contributed by atoms with Gasteiger partial charge in [-0.15, -0.1) is 0 Å². The Bertz CT molecular complexity index is 1480. The Morgan fingerprint density at radius 2 is 0.919 bits per heavy atom. The predicted molar refractivity (Wildman–Crippen MR) is 279 cm³/mol. The van der Waals surface area contributed by atoms with Crippen molar-refractivity contribution in [3.05, 3.63) is 0 Å². The summed E-state index contributed by atoms with van der Waals surface area (Å²) in [4.78, 5) is 71.9. The van der Waals surface area contributed by atoms with Crippen molar-refractivity contribution in [2.24, 2.45) is 0 Å². The molecule has 2 aliphatic rings. The molecule has 2 saturated heterocycles. The molecule has 7 amide bonds. The summed E-state index contributed by atoms with van der Waals surface area (Å²) >= 11 is 1.90. The molecule has 0 aromatic rings. The number of rotatable bonds is 52. The average molecular weight is 1080 g/mol. The number of amides is 7. The highest BCUT2D eigenvalue weighted by atomic mass is 32.2. The Morgan fingerprint density at radius 1 is 0.527 bits per heavy atom. The molecule has 0 radical (unpaired) electrons. The number of hydrogen-bond donors (Lipinski definition) is 9. The van der Waals surface area contributed by atoms with Gasteiger partial charge < -0.3 is 85.3 Å². The minimum absolute atomic E-state index is 0.00408. The van der Waals surface area contributed by atoms with E-state index in [0.29, 0.717) is 163 Å². The van der Waals surface area contributed by atoms with Crippen molar-refractivity contribution in [3.63, 3.8) is 0 Å². The first-order chi connectivity index (χ1) is 36.1. The van der Waals surface area contributed by atoms with E-state index in [1.165, 1.54) is 0 Å². The van der Waals surface area contributed by atoms with E-state index in [1.54, 1.807) is 0 Å². The summed E-state index contributed by atoms with van der Waals surface area (Å²) in [5, 5.41) is 39.7. The quantitative estimate of drug-likeness (QED) is 0.0301. The number of thioether (sulfide) groups is 1. The molecule has 74 heavy (non-hydrogen) atoms. The SMILES string of the molecule is CCC[C@H](O)C(CO)NC(=O)CCC(=O)NCCOCCOCCOCCOCCOCCOCCOCCOCCNC(=O)CCCCCNC(=O)CCCCCNC(=O)CCCC[C@@H]1SC[C@@H]2NC(=O)N[C@@H]21. The second-order valence-electron chi connectivity index (χ2n) is 18.0. The normalized spacial score (nSPS) is 16.7. The van der Waals surface area contributed by atoms with Crippen molar-refractivity contribution < 1.29 is 76.9 Å². The number of aliphatic hydroxyl groups excluding tert-OH is 2. The molecule has 2 aliphatic heterocycles. The number of hydrogen-bond acceptors (Lipinski definition) is 17. The fraction of sp³-hybridized carbons (Fsp3) is 0.880. The van der Waals surface area contributed by atoms with Gasteiger partial charge in [-0.3, -0.25) is 24.0 Å². The van der Waals surface area contributed by atoms with Crippen LogP contribution in [-0.4, -0.2) is 220 Å². The van der Waals surface area contributed by atoms with Crippen LogP contribution in [-0.2, 0) is 61.9 Å². The van der Waals surface area contributed by atoms with Crippen molar-refractivity contribution in [1.29, 1.82) is 0 Å². The Morgan fingerprint density at radius 3 is 1.35 bits per heavy atom. The van der Waals surface area contributed by atoms with Gasteiger partial charge in [-0.2, -0.15) is 11.8 Å². The van der Waals surface area contributed by atoms with Gasteiger partial charge in [0.25, 0.3) is 0 Å². The topological polar surface area (TPSA) is 301 Å². The Hall–Kier alpha value is -3.43. The molecule has 0 saturated carbocycles. The van der Waals surface area contributed by atoms with Crippen LogP contribution in [0.3, 0.4) is 0 Å². The van der Waals surface area contributed by atoms with Crippen LogP contribution >= 0.6 is 11.8 Å². The first kappa shape index (κ1) is 66.7. The van der Waals surface area contributed by atoms with Crippen molar-refractivity contribution in [2.45, 2.75) is 139 Å². The van der Waals surface area contributed by atoms with E-state index >= 15 is 0 Å². The van der Waals surface area contributed by atoms with Gasteiger partial charge in [0, 0.05) is 69.3 Å². The van der Waals surface area contributed by atoms with E-state index in [-0.39, 0.29) is 61.2 Å². The number of fused-ring (bicyclic) bond motifs is 1. The van der Waals surface area contributed by atoms with Gasteiger partial charge >= 0.3 is 6.03 Å². The van der Waals surface area contributed by atoms with Crippen LogP contribution in [0.15, 0.2) is 0 Å². The molecule has 1 unspecified atom stereocenters. The van der Waals surface area contributed by atoms with Crippen LogP contribution in [0.2, 0.25) is 0 Å². The number of ether oxygens (including phenoxy) is 8. The molecule has 0 aliphatic carbocycles. The maximum absolute atomic E-state index is 12.2. The van der Waals surface area contributed by atoms with Crippen LogP contribution in [0.25, 0.3) is 0 Å². The number of urea groups is 1. The van der Waals surface area contributed by atoms with E-state index in [1.807, 2.05) is 18.7 Å². The minimum Gasteiger partial charge on any atom is -0.394 e. The first-order valence-corrected chi connectivity index (χ1v) is 28.1. The largest absolute Gasteiger partial charge is 0.394 e. The summed E-state index contributed by atoms with van der Waals surface area (Å²) in [7, 11) is 0. The van der Waals surface area contributed by atoms with Gasteiger partial charge in [0.05, 0.1) is 137 Å². The smallest absolute Gasteiger partial charge is 0.315 e. The lowest BCUT2D eigenvalue weighted by Crippen LogP contribution is -2.46.